The molecular formula is C33H33F4NO4. The van der Waals surface area contributed by atoms with Crippen LogP contribution in [0.1, 0.15) is 66.7 Å². The Morgan fingerprint density at radius 2 is 1.52 bits per heavy atom. The fourth-order valence-electron chi connectivity index (χ4n) is 4.77. The molecule has 4 rings (SSSR count). The van der Waals surface area contributed by atoms with E-state index in [0.717, 1.165) is 13.8 Å². The van der Waals surface area contributed by atoms with Gasteiger partial charge in [0.25, 0.3) is 0 Å². The highest BCUT2D eigenvalue weighted by Crippen LogP contribution is 2.41. The molecule has 0 bridgehead atoms. The molecular weight excluding hydrogens is 550 g/mol. The molecule has 5 nitrogen and oxygen atoms in total. The molecule has 9 heteroatoms. The Bertz CT molecular complexity index is 1740. The lowest BCUT2D eigenvalue weighted by Gasteiger charge is -2.27. The van der Waals surface area contributed by atoms with Crippen molar-refractivity contribution in [3.63, 3.8) is 0 Å². The number of hydrogen-bond donors (Lipinski definition) is 1. The van der Waals surface area contributed by atoms with Crippen molar-refractivity contribution >= 4 is 16.7 Å². The highest BCUT2D eigenvalue weighted by molar-refractivity contribution is 6.00. The summed E-state index contributed by atoms with van der Waals surface area (Å²) in [5, 5.41) is 11.0. The number of ether oxygens (including phenoxy) is 1. The third kappa shape index (κ3) is 5.97. The molecule has 42 heavy (non-hydrogen) atoms. The SMILES string of the molecule is Cc1cc(F)cc(C)c1Oc1ccc(C(C)(C)O)cc1-n1cc(C)c(=O)c2ccc(C(=O)CC(C)(C)C(F)(F)F)cc21. The van der Waals surface area contributed by atoms with Gasteiger partial charge in [-0.3, -0.25) is 9.59 Å². The summed E-state index contributed by atoms with van der Waals surface area (Å²) in [6.07, 6.45) is -3.80. The highest BCUT2D eigenvalue weighted by atomic mass is 19.4. The lowest BCUT2D eigenvalue weighted by atomic mass is 9.84. The van der Waals surface area contributed by atoms with E-state index in [-0.39, 0.29) is 21.9 Å². The minimum atomic E-state index is -4.58. The maximum absolute atomic E-state index is 14.0. The molecule has 0 radical (unpaired) electrons. The van der Waals surface area contributed by atoms with Crippen LogP contribution in [0.15, 0.2) is 59.5 Å². The number of halogens is 4. The average Bonchev–Trinajstić information content (AvgIpc) is 2.86. The molecule has 0 aliphatic rings. The van der Waals surface area contributed by atoms with Gasteiger partial charge in [0.05, 0.1) is 22.2 Å². The second kappa shape index (κ2) is 10.7. The molecule has 0 saturated carbocycles. The van der Waals surface area contributed by atoms with Gasteiger partial charge in [-0.15, -0.1) is 0 Å². The van der Waals surface area contributed by atoms with E-state index in [4.69, 9.17) is 4.74 Å². The summed E-state index contributed by atoms with van der Waals surface area (Å²) in [7, 11) is 0. The van der Waals surface area contributed by atoms with E-state index in [1.54, 1.807) is 63.6 Å². The number of ketones is 1. The van der Waals surface area contributed by atoms with Crippen LogP contribution in [0, 0.1) is 32.0 Å². The quantitative estimate of drug-likeness (QED) is 0.176. The minimum absolute atomic E-state index is 0.0168. The fraction of sp³-hybridized carbons (Fsp3) is 0.333. The first-order chi connectivity index (χ1) is 19.3. The number of aryl methyl sites for hydroxylation is 3. The van der Waals surface area contributed by atoms with Crippen molar-refractivity contribution in [3.8, 4) is 17.2 Å². The predicted octanol–water partition coefficient (Wildman–Crippen LogP) is 8.24. The summed E-state index contributed by atoms with van der Waals surface area (Å²) in [4.78, 5) is 26.2. The summed E-state index contributed by atoms with van der Waals surface area (Å²) < 4.78 is 62.5. The molecule has 0 aliphatic heterocycles. The number of aliphatic hydroxyl groups is 1. The maximum atomic E-state index is 14.0. The topological polar surface area (TPSA) is 68.5 Å². The zero-order chi connectivity index (χ0) is 31.4. The predicted molar refractivity (Wildman–Crippen MR) is 154 cm³/mol. The van der Waals surface area contributed by atoms with Crippen LogP contribution in [-0.2, 0) is 5.60 Å². The number of carbonyl (C=O) groups is 1. The number of fused-ring (bicyclic) bond motifs is 1. The monoisotopic (exact) mass is 583 g/mol. The summed E-state index contributed by atoms with van der Waals surface area (Å²) >= 11 is 0. The molecule has 222 valence electrons. The van der Waals surface area contributed by atoms with Gasteiger partial charge in [-0.05, 0) is 87.7 Å². The van der Waals surface area contributed by atoms with Gasteiger partial charge in [-0.2, -0.15) is 13.2 Å². The first-order valence-corrected chi connectivity index (χ1v) is 13.4. The number of alkyl halides is 3. The number of benzene rings is 3. The molecule has 1 N–H and O–H groups in total. The highest BCUT2D eigenvalue weighted by Gasteiger charge is 2.48. The van der Waals surface area contributed by atoms with Gasteiger partial charge in [-0.25, -0.2) is 4.39 Å². The van der Waals surface area contributed by atoms with Crippen molar-refractivity contribution in [2.45, 2.75) is 66.7 Å². The van der Waals surface area contributed by atoms with Gasteiger partial charge in [0.1, 0.15) is 11.6 Å². The van der Waals surface area contributed by atoms with E-state index in [1.807, 2.05) is 0 Å². The fourth-order valence-corrected chi connectivity index (χ4v) is 4.77. The zero-order valence-electron chi connectivity index (χ0n) is 24.5. The van der Waals surface area contributed by atoms with Gasteiger partial charge in [0, 0.05) is 29.1 Å². The summed E-state index contributed by atoms with van der Waals surface area (Å²) in [5.74, 6) is -0.415. The Kier molecular flexibility index (Phi) is 7.88. The van der Waals surface area contributed by atoms with Crippen molar-refractivity contribution in [1.82, 2.24) is 4.57 Å². The summed E-state index contributed by atoms with van der Waals surface area (Å²) in [6, 6.07) is 11.9. The van der Waals surface area contributed by atoms with Crippen molar-refractivity contribution in [2.24, 2.45) is 5.41 Å². The Morgan fingerprint density at radius 3 is 2.10 bits per heavy atom. The molecule has 0 saturated heterocycles. The molecule has 0 aliphatic carbocycles. The zero-order valence-corrected chi connectivity index (χ0v) is 24.5. The Morgan fingerprint density at radius 1 is 0.905 bits per heavy atom. The lowest BCUT2D eigenvalue weighted by Crippen LogP contribution is -2.34. The van der Waals surface area contributed by atoms with E-state index >= 15 is 0 Å². The van der Waals surface area contributed by atoms with Crippen molar-refractivity contribution in [3.05, 3.63) is 98.6 Å². The number of pyridine rings is 1. The molecule has 0 fully saturated rings. The van der Waals surface area contributed by atoms with E-state index < -0.39 is 35.2 Å². The van der Waals surface area contributed by atoms with Crippen molar-refractivity contribution < 1.29 is 32.2 Å². The summed E-state index contributed by atoms with van der Waals surface area (Å²) in [5.41, 5.74) is -1.16. The number of carbonyl (C=O) groups excluding carboxylic acids is 1. The molecule has 3 aromatic carbocycles. The van der Waals surface area contributed by atoms with Crippen LogP contribution >= 0.6 is 0 Å². The number of nitrogens with zero attached hydrogens (tertiary/aromatic N) is 1. The largest absolute Gasteiger partial charge is 0.455 e. The summed E-state index contributed by atoms with van der Waals surface area (Å²) in [6.45, 7) is 10.2. The van der Waals surface area contributed by atoms with Gasteiger partial charge in [0.2, 0.25) is 0 Å². The second-order valence-corrected chi connectivity index (χ2v) is 11.9. The molecule has 0 spiro atoms. The third-order valence-electron chi connectivity index (χ3n) is 7.44. The van der Waals surface area contributed by atoms with E-state index in [0.29, 0.717) is 39.4 Å². The van der Waals surface area contributed by atoms with Crippen LogP contribution in [0.25, 0.3) is 16.6 Å². The van der Waals surface area contributed by atoms with E-state index in [1.165, 1.54) is 30.3 Å². The molecule has 0 unspecified atom stereocenters. The molecule has 0 atom stereocenters. The van der Waals surface area contributed by atoms with Crippen molar-refractivity contribution in [2.75, 3.05) is 0 Å². The third-order valence-corrected chi connectivity index (χ3v) is 7.44. The van der Waals surface area contributed by atoms with Gasteiger partial charge < -0.3 is 14.4 Å². The van der Waals surface area contributed by atoms with Crippen LogP contribution < -0.4 is 10.2 Å². The van der Waals surface area contributed by atoms with Gasteiger partial charge >= 0.3 is 6.18 Å². The van der Waals surface area contributed by atoms with Crippen LogP contribution in [0.2, 0.25) is 0 Å². The Hall–Kier alpha value is -3.98. The minimum Gasteiger partial charge on any atom is -0.455 e. The van der Waals surface area contributed by atoms with Crippen LogP contribution in [0.4, 0.5) is 17.6 Å². The maximum Gasteiger partial charge on any atom is 0.394 e. The molecule has 1 aromatic heterocycles. The number of rotatable bonds is 7. The van der Waals surface area contributed by atoms with E-state index in [2.05, 4.69) is 0 Å². The first kappa shape index (κ1) is 31.0. The van der Waals surface area contributed by atoms with Crippen LogP contribution in [0.3, 0.4) is 0 Å². The first-order valence-electron chi connectivity index (χ1n) is 13.4. The number of aromatic nitrogens is 1. The van der Waals surface area contributed by atoms with Crippen molar-refractivity contribution in [1.29, 1.82) is 0 Å². The number of hydrogen-bond acceptors (Lipinski definition) is 4. The van der Waals surface area contributed by atoms with Crippen LogP contribution in [0.5, 0.6) is 11.5 Å². The van der Waals surface area contributed by atoms with Crippen LogP contribution in [-0.4, -0.2) is 21.6 Å². The molecule has 0 amide bonds. The standard InChI is InChI=1S/C33H33F4NO4/c1-18-12-23(34)13-19(2)30(18)42-28-11-9-22(32(6,7)41)15-26(28)38-17-20(3)29(40)24-10-8-21(14-25(24)38)27(39)16-31(4,5)33(35,36)37/h8-15,17,41H,16H2,1-7H3. The molecule has 4 aromatic rings. The normalized spacial score (nSPS) is 12.6. The van der Waals surface area contributed by atoms with Gasteiger partial charge in [-0.1, -0.05) is 26.0 Å². The lowest BCUT2D eigenvalue weighted by molar-refractivity contribution is -0.210. The van der Waals surface area contributed by atoms with E-state index in [9.17, 15) is 32.3 Å². The Balaban J connectivity index is 1.97. The molecule has 1 heterocycles. The average molecular weight is 584 g/mol. The van der Waals surface area contributed by atoms with Gasteiger partial charge in [0.15, 0.2) is 17.0 Å². The smallest absolute Gasteiger partial charge is 0.394 e. The Labute approximate surface area is 241 Å². The number of Topliss-reactive ketones (excluding diaryl/α,β-unsaturated/α-hetero) is 1. The second-order valence-electron chi connectivity index (χ2n) is 11.9.